The number of nitrogens with one attached hydrogen (secondary N) is 1. The number of furan rings is 1. The van der Waals surface area contributed by atoms with Crippen LogP contribution in [0.15, 0.2) is 41.0 Å². The SMILES string of the molecule is Cc1occc1C(=O)OCc1nc(N)nc(Nc2ccc(F)cc2)n1. The number of carbonyl (C=O) groups is 1. The molecule has 1 aromatic carbocycles. The first kappa shape index (κ1) is 16.4. The normalized spacial score (nSPS) is 10.5. The third kappa shape index (κ3) is 4.08. The van der Waals surface area contributed by atoms with Crippen molar-refractivity contribution in [2.24, 2.45) is 0 Å². The molecule has 0 saturated carbocycles. The summed E-state index contributed by atoms with van der Waals surface area (Å²) in [6.45, 7) is 1.47. The van der Waals surface area contributed by atoms with Crippen molar-refractivity contribution in [2.75, 3.05) is 11.1 Å². The molecular weight excluding hydrogens is 329 g/mol. The maximum atomic E-state index is 12.9. The van der Waals surface area contributed by atoms with Gasteiger partial charge >= 0.3 is 5.97 Å². The largest absolute Gasteiger partial charge is 0.469 e. The van der Waals surface area contributed by atoms with E-state index < -0.39 is 5.97 Å². The molecule has 0 aliphatic heterocycles. The molecule has 8 nitrogen and oxygen atoms in total. The predicted octanol–water partition coefficient (Wildman–Crippen LogP) is 2.59. The molecular formula is C16H14FN5O3. The number of benzene rings is 1. The van der Waals surface area contributed by atoms with Gasteiger partial charge in [-0.1, -0.05) is 0 Å². The van der Waals surface area contributed by atoms with Crippen molar-refractivity contribution < 1.29 is 18.3 Å². The fourth-order valence-corrected chi connectivity index (χ4v) is 2.03. The number of anilines is 3. The van der Waals surface area contributed by atoms with E-state index in [2.05, 4.69) is 20.3 Å². The minimum Gasteiger partial charge on any atom is -0.469 e. The molecule has 0 saturated heterocycles. The molecule has 3 N–H and O–H groups in total. The van der Waals surface area contributed by atoms with Crippen LogP contribution in [0.4, 0.5) is 22.0 Å². The highest BCUT2D eigenvalue weighted by molar-refractivity contribution is 5.90. The van der Waals surface area contributed by atoms with Crippen LogP contribution in [0, 0.1) is 12.7 Å². The number of nitrogens with two attached hydrogens (primary N) is 1. The minimum atomic E-state index is -0.557. The first-order valence-electron chi connectivity index (χ1n) is 7.25. The summed E-state index contributed by atoms with van der Waals surface area (Å²) in [4.78, 5) is 23.9. The van der Waals surface area contributed by atoms with Crippen LogP contribution in [0.5, 0.6) is 0 Å². The Bertz CT molecular complexity index is 895. The van der Waals surface area contributed by atoms with E-state index in [9.17, 15) is 9.18 Å². The van der Waals surface area contributed by atoms with Crippen molar-refractivity contribution in [3.05, 3.63) is 59.6 Å². The van der Waals surface area contributed by atoms with E-state index in [0.29, 0.717) is 17.0 Å². The molecule has 0 fully saturated rings. The number of carbonyl (C=O) groups excluding carboxylic acids is 1. The molecule has 0 aliphatic carbocycles. The van der Waals surface area contributed by atoms with Crippen LogP contribution in [0.3, 0.4) is 0 Å². The van der Waals surface area contributed by atoms with E-state index in [1.807, 2.05) is 0 Å². The standard InChI is InChI=1S/C16H14FN5O3/c1-9-12(6-7-24-9)14(23)25-8-13-20-15(18)22-16(21-13)19-11-4-2-10(17)3-5-11/h2-7H,8H2,1H3,(H3,18,19,20,21,22). The van der Waals surface area contributed by atoms with Crippen LogP contribution in [-0.4, -0.2) is 20.9 Å². The molecule has 0 spiro atoms. The van der Waals surface area contributed by atoms with Crippen molar-refractivity contribution in [1.29, 1.82) is 0 Å². The van der Waals surface area contributed by atoms with Gasteiger partial charge in [-0.05, 0) is 37.3 Å². The highest BCUT2D eigenvalue weighted by atomic mass is 19.1. The molecule has 0 aliphatic rings. The first-order valence-corrected chi connectivity index (χ1v) is 7.25. The molecule has 0 amide bonds. The van der Waals surface area contributed by atoms with E-state index in [4.69, 9.17) is 14.9 Å². The molecule has 3 aromatic rings. The summed E-state index contributed by atoms with van der Waals surface area (Å²) in [6, 6.07) is 7.15. The summed E-state index contributed by atoms with van der Waals surface area (Å²) >= 11 is 0. The fourth-order valence-electron chi connectivity index (χ4n) is 2.03. The quantitative estimate of drug-likeness (QED) is 0.679. The van der Waals surface area contributed by atoms with Gasteiger partial charge in [0.2, 0.25) is 11.9 Å². The number of aryl methyl sites for hydroxylation is 1. The van der Waals surface area contributed by atoms with Crippen LogP contribution in [-0.2, 0) is 11.3 Å². The van der Waals surface area contributed by atoms with E-state index in [1.165, 1.54) is 36.6 Å². The Labute approximate surface area is 141 Å². The van der Waals surface area contributed by atoms with Gasteiger partial charge in [-0.2, -0.15) is 15.0 Å². The number of rotatable bonds is 5. The molecule has 0 radical (unpaired) electrons. The van der Waals surface area contributed by atoms with Crippen LogP contribution in [0.2, 0.25) is 0 Å². The summed E-state index contributed by atoms with van der Waals surface area (Å²) in [5.74, 6) is -0.165. The van der Waals surface area contributed by atoms with Crippen LogP contribution in [0.1, 0.15) is 21.9 Å². The average molecular weight is 343 g/mol. The molecule has 0 unspecified atom stereocenters. The Balaban J connectivity index is 1.70. The molecule has 2 heterocycles. The van der Waals surface area contributed by atoms with Crippen molar-refractivity contribution in [3.63, 3.8) is 0 Å². The van der Waals surface area contributed by atoms with Gasteiger partial charge < -0.3 is 20.2 Å². The first-order chi connectivity index (χ1) is 12.0. The van der Waals surface area contributed by atoms with Crippen LogP contribution >= 0.6 is 0 Å². The highest BCUT2D eigenvalue weighted by Gasteiger charge is 2.14. The molecule has 0 bridgehead atoms. The maximum Gasteiger partial charge on any atom is 0.342 e. The number of nitrogen functional groups attached to an aromatic ring is 1. The number of hydrogen-bond donors (Lipinski definition) is 2. The molecule has 0 atom stereocenters. The van der Waals surface area contributed by atoms with Gasteiger partial charge in [0.05, 0.1) is 6.26 Å². The molecule has 3 rings (SSSR count). The van der Waals surface area contributed by atoms with Gasteiger partial charge in [-0.25, -0.2) is 9.18 Å². The summed E-state index contributed by atoms with van der Waals surface area (Å²) < 4.78 is 23.1. The molecule has 25 heavy (non-hydrogen) atoms. The summed E-state index contributed by atoms with van der Waals surface area (Å²) in [5, 5.41) is 2.87. The Morgan fingerprint density at radius 3 is 2.68 bits per heavy atom. The lowest BCUT2D eigenvalue weighted by Crippen LogP contribution is -2.11. The van der Waals surface area contributed by atoms with E-state index >= 15 is 0 Å². The number of hydrogen-bond acceptors (Lipinski definition) is 8. The zero-order valence-electron chi connectivity index (χ0n) is 13.2. The summed E-state index contributed by atoms with van der Waals surface area (Å²) in [7, 11) is 0. The van der Waals surface area contributed by atoms with Gasteiger partial charge in [0, 0.05) is 5.69 Å². The van der Waals surface area contributed by atoms with Crippen molar-refractivity contribution >= 4 is 23.6 Å². The molecule has 2 aromatic heterocycles. The van der Waals surface area contributed by atoms with Crippen molar-refractivity contribution in [3.8, 4) is 0 Å². The number of halogens is 1. The van der Waals surface area contributed by atoms with Gasteiger partial charge in [0.25, 0.3) is 0 Å². The van der Waals surface area contributed by atoms with Gasteiger partial charge in [0.1, 0.15) is 17.1 Å². The number of ether oxygens (including phenoxy) is 1. The predicted molar refractivity (Wildman–Crippen MR) is 86.5 cm³/mol. The number of esters is 1. The second kappa shape index (κ2) is 6.95. The lowest BCUT2D eigenvalue weighted by Gasteiger charge is -2.08. The number of nitrogens with zero attached hydrogens (tertiary/aromatic N) is 3. The number of aromatic nitrogens is 3. The second-order valence-electron chi connectivity index (χ2n) is 5.03. The Hall–Kier alpha value is -3.49. The lowest BCUT2D eigenvalue weighted by molar-refractivity contribution is 0.0460. The van der Waals surface area contributed by atoms with E-state index in [1.54, 1.807) is 6.92 Å². The minimum absolute atomic E-state index is 0.0369. The summed E-state index contributed by atoms with van der Waals surface area (Å²) in [5.41, 5.74) is 6.54. The topological polar surface area (TPSA) is 116 Å². The fraction of sp³-hybridized carbons (Fsp3) is 0.125. The van der Waals surface area contributed by atoms with Gasteiger partial charge in [-0.3, -0.25) is 0 Å². The third-order valence-electron chi connectivity index (χ3n) is 3.21. The molecule has 128 valence electrons. The van der Waals surface area contributed by atoms with E-state index in [0.717, 1.165) is 0 Å². The van der Waals surface area contributed by atoms with Crippen LogP contribution < -0.4 is 11.1 Å². The second-order valence-corrected chi connectivity index (χ2v) is 5.03. The van der Waals surface area contributed by atoms with Crippen molar-refractivity contribution in [1.82, 2.24) is 15.0 Å². The Morgan fingerprint density at radius 2 is 2.00 bits per heavy atom. The lowest BCUT2D eigenvalue weighted by atomic mass is 10.3. The Morgan fingerprint density at radius 1 is 1.24 bits per heavy atom. The average Bonchev–Trinajstić information content (AvgIpc) is 3.00. The highest BCUT2D eigenvalue weighted by Crippen LogP contribution is 2.15. The van der Waals surface area contributed by atoms with Gasteiger partial charge in [0.15, 0.2) is 12.4 Å². The smallest absolute Gasteiger partial charge is 0.342 e. The Kier molecular flexibility index (Phi) is 4.55. The zero-order chi connectivity index (χ0) is 17.8. The zero-order valence-corrected chi connectivity index (χ0v) is 13.2. The summed E-state index contributed by atoms with van der Waals surface area (Å²) in [6.07, 6.45) is 1.40. The van der Waals surface area contributed by atoms with E-state index in [-0.39, 0.29) is 30.1 Å². The maximum absolute atomic E-state index is 12.9. The monoisotopic (exact) mass is 343 g/mol. The van der Waals surface area contributed by atoms with Crippen molar-refractivity contribution in [2.45, 2.75) is 13.5 Å². The third-order valence-corrected chi connectivity index (χ3v) is 3.21. The van der Waals surface area contributed by atoms with Crippen LogP contribution in [0.25, 0.3) is 0 Å². The molecule has 9 heteroatoms. The van der Waals surface area contributed by atoms with Gasteiger partial charge in [-0.15, -0.1) is 0 Å².